The third kappa shape index (κ3) is 3.40. The molecule has 0 aliphatic heterocycles. The number of hydrogen-bond acceptors (Lipinski definition) is 4. The van der Waals surface area contributed by atoms with Crippen molar-refractivity contribution in [3.63, 3.8) is 0 Å². The topological polar surface area (TPSA) is 67.2 Å². The minimum atomic E-state index is -0.355. The second-order valence-corrected chi connectivity index (χ2v) is 4.65. The van der Waals surface area contributed by atoms with E-state index in [0.29, 0.717) is 24.0 Å². The molecule has 7 heteroatoms. The molecule has 0 aliphatic carbocycles. The number of nitrogens with one attached hydrogen (secondary N) is 1. The third-order valence-electron chi connectivity index (χ3n) is 3.21. The standard InChI is InChI=1S/C14H18N4O2.ClH/c1-15-8-9-17(2)14(20)12-13(19)10-6-4-5-7-11(10)18(3)16-12;/h4-7,15H,8-9H2,1-3H3;1H. The van der Waals surface area contributed by atoms with Crippen LogP contribution in [0.2, 0.25) is 0 Å². The first-order valence-electron chi connectivity index (χ1n) is 6.42. The van der Waals surface area contributed by atoms with Gasteiger partial charge in [0.05, 0.1) is 5.52 Å². The lowest BCUT2D eigenvalue weighted by Gasteiger charge is -2.16. The van der Waals surface area contributed by atoms with Gasteiger partial charge in [-0.3, -0.25) is 14.3 Å². The van der Waals surface area contributed by atoms with Gasteiger partial charge in [-0.1, -0.05) is 12.1 Å². The Labute approximate surface area is 129 Å². The largest absolute Gasteiger partial charge is 0.339 e. The number of rotatable bonds is 4. The van der Waals surface area contributed by atoms with Crippen LogP contribution < -0.4 is 10.7 Å². The fourth-order valence-electron chi connectivity index (χ4n) is 2.03. The van der Waals surface area contributed by atoms with Gasteiger partial charge < -0.3 is 10.2 Å². The van der Waals surface area contributed by atoms with Gasteiger partial charge in [-0.15, -0.1) is 12.4 Å². The number of fused-ring (bicyclic) bond motifs is 1. The zero-order chi connectivity index (χ0) is 14.7. The molecule has 21 heavy (non-hydrogen) atoms. The lowest BCUT2D eigenvalue weighted by Crippen LogP contribution is -2.37. The van der Waals surface area contributed by atoms with Gasteiger partial charge in [0.2, 0.25) is 5.43 Å². The second kappa shape index (κ2) is 7.19. The van der Waals surface area contributed by atoms with Crippen molar-refractivity contribution in [2.75, 3.05) is 27.2 Å². The van der Waals surface area contributed by atoms with Crippen molar-refractivity contribution in [1.82, 2.24) is 20.0 Å². The zero-order valence-electron chi connectivity index (χ0n) is 12.3. The quantitative estimate of drug-likeness (QED) is 0.900. The number of aromatic nitrogens is 2. The molecule has 114 valence electrons. The Bertz CT molecular complexity index is 699. The molecule has 2 aromatic rings. The molecule has 1 aromatic carbocycles. The van der Waals surface area contributed by atoms with Crippen molar-refractivity contribution in [1.29, 1.82) is 0 Å². The van der Waals surface area contributed by atoms with Crippen LogP contribution in [-0.2, 0) is 7.05 Å². The molecule has 0 spiro atoms. The Morgan fingerprint density at radius 1 is 1.38 bits per heavy atom. The van der Waals surface area contributed by atoms with Crippen molar-refractivity contribution in [3.05, 3.63) is 40.2 Å². The summed E-state index contributed by atoms with van der Waals surface area (Å²) in [5.74, 6) is -0.355. The first kappa shape index (κ1) is 17.1. The van der Waals surface area contributed by atoms with E-state index in [1.165, 1.54) is 4.90 Å². The second-order valence-electron chi connectivity index (χ2n) is 4.65. The molecular weight excluding hydrogens is 292 g/mol. The van der Waals surface area contributed by atoms with Crippen LogP contribution in [0, 0.1) is 0 Å². The Morgan fingerprint density at radius 2 is 2.05 bits per heavy atom. The first-order valence-corrected chi connectivity index (χ1v) is 6.42. The van der Waals surface area contributed by atoms with E-state index < -0.39 is 0 Å². The number of nitrogens with zero attached hydrogens (tertiary/aromatic N) is 3. The molecule has 6 nitrogen and oxygen atoms in total. The van der Waals surface area contributed by atoms with Gasteiger partial charge in [-0.2, -0.15) is 5.10 Å². The van der Waals surface area contributed by atoms with Crippen molar-refractivity contribution in [2.24, 2.45) is 7.05 Å². The number of benzene rings is 1. The summed E-state index contributed by atoms with van der Waals surface area (Å²) in [5.41, 5.74) is 0.358. The maximum Gasteiger partial charge on any atom is 0.278 e. The van der Waals surface area contributed by atoms with Crippen molar-refractivity contribution < 1.29 is 4.79 Å². The fraction of sp³-hybridized carbons (Fsp3) is 0.357. The molecule has 0 unspecified atom stereocenters. The molecule has 0 aliphatic rings. The summed E-state index contributed by atoms with van der Waals surface area (Å²) < 4.78 is 1.57. The van der Waals surface area contributed by atoms with Gasteiger partial charge in [0.1, 0.15) is 0 Å². The SMILES string of the molecule is CNCCN(C)C(=O)c1nn(C)c2ccccc2c1=O.Cl. The van der Waals surface area contributed by atoms with Gasteiger partial charge in [0, 0.05) is 32.6 Å². The fourth-order valence-corrected chi connectivity index (χ4v) is 2.03. The summed E-state index contributed by atoms with van der Waals surface area (Å²) in [7, 11) is 5.20. The van der Waals surface area contributed by atoms with Crippen LogP contribution in [0.5, 0.6) is 0 Å². The van der Waals surface area contributed by atoms with Crippen LogP contribution >= 0.6 is 12.4 Å². The van der Waals surface area contributed by atoms with E-state index in [2.05, 4.69) is 10.4 Å². The van der Waals surface area contributed by atoms with Crippen molar-refractivity contribution in [3.8, 4) is 0 Å². The molecule has 1 aromatic heterocycles. The predicted molar refractivity (Wildman–Crippen MR) is 85.1 cm³/mol. The van der Waals surface area contributed by atoms with Crippen LogP contribution in [0.4, 0.5) is 0 Å². The van der Waals surface area contributed by atoms with Gasteiger partial charge in [0.15, 0.2) is 5.69 Å². The lowest BCUT2D eigenvalue weighted by atomic mass is 10.2. The van der Waals surface area contributed by atoms with Gasteiger partial charge in [-0.25, -0.2) is 0 Å². The Balaban J connectivity index is 0.00000220. The minimum absolute atomic E-state index is 0. The smallest absolute Gasteiger partial charge is 0.278 e. The van der Waals surface area contributed by atoms with E-state index >= 15 is 0 Å². The van der Waals surface area contributed by atoms with Crippen LogP contribution in [-0.4, -0.2) is 47.8 Å². The molecule has 0 atom stereocenters. The first-order chi connectivity index (χ1) is 9.56. The highest BCUT2D eigenvalue weighted by Crippen LogP contribution is 2.08. The maximum absolute atomic E-state index is 12.4. The molecule has 1 N–H and O–H groups in total. The molecule has 1 amide bonds. The number of carbonyl (C=O) groups excluding carboxylic acids is 1. The Hall–Kier alpha value is -1.92. The monoisotopic (exact) mass is 310 g/mol. The highest BCUT2D eigenvalue weighted by molar-refractivity contribution is 5.95. The predicted octanol–water partition coefficient (Wildman–Crippen LogP) is 0.647. The van der Waals surface area contributed by atoms with Crippen LogP contribution in [0.25, 0.3) is 10.9 Å². The van der Waals surface area contributed by atoms with E-state index in [1.807, 2.05) is 19.2 Å². The molecule has 2 rings (SSSR count). The molecule has 1 heterocycles. The summed E-state index contributed by atoms with van der Waals surface area (Å²) in [6, 6.07) is 7.14. The summed E-state index contributed by atoms with van der Waals surface area (Å²) in [6.07, 6.45) is 0. The van der Waals surface area contributed by atoms with Crippen LogP contribution in [0.1, 0.15) is 10.5 Å². The van der Waals surface area contributed by atoms with E-state index in [-0.39, 0.29) is 29.4 Å². The number of carbonyl (C=O) groups is 1. The van der Waals surface area contributed by atoms with Crippen LogP contribution in [0.3, 0.4) is 0 Å². The van der Waals surface area contributed by atoms with Gasteiger partial charge in [-0.05, 0) is 19.2 Å². The van der Waals surface area contributed by atoms with Gasteiger partial charge in [0.25, 0.3) is 5.91 Å². The maximum atomic E-state index is 12.4. The Kier molecular flexibility index (Phi) is 5.87. The zero-order valence-corrected chi connectivity index (χ0v) is 13.1. The Morgan fingerprint density at radius 3 is 2.71 bits per heavy atom. The van der Waals surface area contributed by atoms with E-state index in [4.69, 9.17) is 0 Å². The number of hydrogen-bond donors (Lipinski definition) is 1. The highest BCUT2D eigenvalue weighted by Gasteiger charge is 2.19. The molecule has 0 bridgehead atoms. The van der Waals surface area contributed by atoms with E-state index in [9.17, 15) is 9.59 Å². The summed E-state index contributed by atoms with van der Waals surface area (Å²) >= 11 is 0. The molecule has 0 fully saturated rings. The van der Waals surface area contributed by atoms with E-state index in [0.717, 1.165) is 0 Å². The normalized spacial score (nSPS) is 10.2. The average Bonchev–Trinajstić information content (AvgIpc) is 2.47. The summed E-state index contributed by atoms with van der Waals surface area (Å²) in [6.45, 7) is 1.18. The summed E-state index contributed by atoms with van der Waals surface area (Å²) in [5, 5.41) is 7.60. The number of likely N-dealkylation sites (N-methyl/N-ethyl adjacent to an activating group) is 2. The van der Waals surface area contributed by atoms with Crippen molar-refractivity contribution in [2.45, 2.75) is 0 Å². The molecular formula is C14H19ClN4O2. The summed E-state index contributed by atoms with van der Waals surface area (Å²) in [4.78, 5) is 26.1. The molecule has 0 saturated carbocycles. The van der Waals surface area contributed by atoms with Crippen molar-refractivity contribution >= 4 is 29.2 Å². The highest BCUT2D eigenvalue weighted by atomic mass is 35.5. The number of para-hydroxylation sites is 1. The van der Waals surface area contributed by atoms with Crippen LogP contribution in [0.15, 0.2) is 29.1 Å². The van der Waals surface area contributed by atoms with E-state index in [1.54, 1.807) is 30.9 Å². The number of halogens is 1. The third-order valence-corrected chi connectivity index (χ3v) is 3.21. The molecule has 0 saturated heterocycles. The average molecular weight is 311 g/mol. The number of aryl methyl sites for hydroxylation is 1. The number of amides is 1. The van der Waals surface area contributed by atoms with Gasteiger partial charge >= 0.3 is 0 Å². The lowest BCUT2D eigenvalue weighted by molar-refractivity contribution is 0.0787. The molecule has 0 radical (unpaired) electrons. The minimum Gasteiger partial charge on any atom is -0.339 e.